The van der Waals surface area contributed by atoms with Crippen LogP contribution in [-0.4, -0.2) is 22.4 Å². The lowest BCUT2D eigenvalue weighted by atomic mass is 10.0. The number of imidazole rings is 1. The number of nitrogens with one attached hydrogen (secondary N) is 1. The van der Waals surface area contributed by atoms with E-state index in [4.69, 9.17) is 9.72 Å². The highest BCUT2D eigenvalue weighted by Gasteiger charge is 2.17. The van der Waals surface area contributed by atoms with Crippen LogP contribution < -0.4 is 10.1 Å². The van der Waals surface area contributed by atoms with Gasteiger partial charge in [0.2, 0.25) is 5.91 Å². The molecule has 4 rings (SSSR count). The van der Waals surface area contributed by atoms with Crippen LogP contribution in [0.4, 0.5) is 5.69 Å². The normalized spacial score (nSPS) is 14.5. The quantitative estimate of drug-likeness (QED) is 0.640. The van der Waals surface area contributed by atoms with Crippen molar-refractivity contribution in [3.05, 3.63) is 48.3 Å². The van der Waals surface area contributed by atoms with E-state index in [-0.39, 0.29) is 5.91 Å². The first kappa shape index (κ1) is 18.5. The van der Waals surface area contributed by atoms with Gasteiger partial charge in [0.1, 0.15) is 11.4 Å². The number of hydrogen-bond acceptors (Lipinski definition) is 3. The fraction of sp³-hybridized carbons (Fsp3) is 0.391. The first-order valence-electron chi connectivity index (χ1n) is 10.1. The fourth-order valence-corrected chi connectivity index (χ4v) is 4.03. The minimum Gasteiger partial charge on any atom is -0.495 e. The summed E-state index contributed by atoms with van der Waals surface area (Å²) >= 11 is 0. The lowest BCUT2D eigenvalue weighted by Gasteiger charge is -2.13. The number of methoxy groups -OCH3 is 1. The van der Waals surface area contributed by atoms with Gasteiger partial charge in [0.05, 0.1) is 18.5 Å². The van der Waals surface area contributed by atoms with Crippen molar-refractivity contribution in [3.63, 3.8) is 0 Å². The van der Waals surface area contributed by atoms with Crippen molar-refractivity contribution in [1.82, 2.24) is 9.38 Å². The van der Waals surface area contributed by atoms with Crippen LogP contribution in [0.5, 0.6) is 5.75 Å². The number of rotatable bonds is 6. The number of anilines is 1. The molecular weight excluding hydrogens is 350 g/mol. The second-order valence-electron chi connectivity index (χ2n) is 7.75. The molecule has 1 aliphatic carbocycles. The second-order valence-corrected chi connectivity index (χ2v) is 7.75. The van der Waals surface area contributed by atoms with Crippen molar-refractivity contribution in [1.29, 1.82) is 0 Å². The van der Waals surface area contributed by atoms with Gasteiger partial charge in [-0.05, 0) is 55.2 Å². The van der Waals surface area contributed by atoms with Crippen molar-refractivity contribution in [2.75, 3.05) is 12.4 Å². The van der Waals surface area contributed by atoms with Gasteiger partial charge in [-0.3, -0.25) is 4.79 Å². The van der Waals surface area contributed by atoms with Crippen molar-refractivity contribution >= 4 is 17.2 Å². The maximum atomic E-state index is 12.5. The molecule has 1 aliphatic rings. The van der Waals surface area contributed by atoms with Gasteiger partial charge in [0.15, 0.2) is 0 Å². The molecule has 3 aromatic rings. The second kappa shape index (κ2) is 8.05. The maximum absolute atomic E-state index is 12.5. The maximum Gasteiger partial charge on any atom is 0.224 e. The lowest BCUT2D eigenvalue weighted by molar-refractivity contribution is -0.116. The van der Waals surface area contributed by atoms with Crippen LogP contribution in [0.15, 0.2) is 42.7 Å². The highest BCUT2D eigenvalue weighted by Crippen LogP contribution is 2.32. The monoisotopic (exact) mass is 377 g/mol. The van der Waals surface area contributed by atoms with E-state index in [0.29, 0.717) is 23.8 Å². The van der Waals surface area contributed by atoms with Crippen LogP contribution >= 0.6 is 0 Å². The zero-order valence-corrected chi connectivity index (χ0v) is 16.6. The number of hydrogen-bond donors (Lipinski definition) is 1. The highest BCUT2D eigenvalue weighted by atomic mass is 16.5. The van der Waals surface area contributed by atoms with Crippen molar-refractivity contribution < 1.29 is 9.53 Å². The number of nitrogens with zero attached hydrogens (tertiary/aromatic N) is 2. The molecule has 0 bridgehead atoms. The molecule has 28 heavy (non-hydrogen) atoms. The van der Waals surface area contributed by atoms with Gasteiger partial charge in [-0.15, -0.1) is 0 Å². The number of ether oxygens (including phenoxy) is 1. The summed E-state index contributed by atoms with van der Waals surface area (Å²) in [5, 5.41) is 3.04. The molecule has 2 aromatic heterocycles. The summed E-state index contributed by atoms with van der Waals surface area (Å²) in [6.45, 7) is 2.06. The van der Waals surface area contributed by atoms with E-state index >= 15 is 0 Å². The standard InChI is InChI=1S/C23H27N3O2/c1-16-11-12-26-15-20(24-22(26)13-16)18-8-9-21(28-2)19(14-18)25-23(27)10-7-17-5-3-4-6-17/h8-9,11-15,17H,3-7,10H2,1-2H3,(H,25,27). The van der Waals surface area contributed by atoms with Gasteiger partial charge in [-0.1, -0.05) is 25.7 Å². The summed E-state index contributed by atoms with van der Waals surface area (Å²) < 4.78 is 7.46. The Morgan fingerprint density at radius 1 is 1.25 bits per heavy atom. The summed E-state index contributed by atoms with van der Waals surface area (Å²) in [5.74, 6) is 1.42. The highest BCUT2D eigenvalue weighted by molar-refractivity contribution is 5.93. The van der Waals surface area contributed by atoms with Crippen LogP contribution in [0.2, 0.25) is 0 Å². The van der Waals surface area contributed by atoms with Gasteiger partial charge >= 0.3 is 0 Å². The molecule has 146 valence electrons. The summed E-state index contributed by atoms with van der Waals surface area (Å²) in [6.07, 6.45) is 10.7. The van der Waals surface area contributed by atoms with Crippen molar-refractivity contribution in [3.8, 4) is 17.0 Å². The number of fused-ring (bicyclic) bond motifs is 1. The van der Waals surface area contributed by atoms with E-state index in [1.165, 1.54) is 31.2 Å². The minimum absolute atomic E-state index is 0.0491. The average Bonchev–Trinajstić information content (AvgIpc) is 3.35. The molecule has 0 atom stereocenters. The number of aromatic nitrogens is 2. The first-order valence-corrected chi connectivity index (χ1v) is 10.1. The molecule has 5 heteroatoms. The van der Waals surface area contributed by atoms with Crippen LogP contribution in [0.3, 0.4) is 0 Å². The van der Waals surface area contributed by atoms with E-state index < -0.39 is 0 Å². The van der Waals surface area contributed by atoms with Crippen molar-refractivity contribution in [2.24, 2.45) is 5.92 Å². The largest absolute Gasteiger partial charge is 0.495 e. The van der Waals surface area contributed by atoms with E-state index in [0.717, 1.165) is 23.3 Å². The van der Waals surface area contributed by atoms with Crippen LogP contribution in [-0.2, 0) is 4.79 Å². The summed E-state index contributed by atoms with van der Waals surface area (Å²) in [4.78, 5) is 17.2. The van der Waals surface area contributed by atoms with Crippen LogP contribution in [0.1, 0.15) is 44.1 Å². The Balaban J connectivity index is 1.53. The lowest BCUT2D eigenvalue weighted by Crippen LogP contribution is -2.13. The number of carbonyl (C=O) groups is 1. The molecule has 0 aliphatic heterocycles. The Morgan fingerprint density at radius 2 is 2.07 bits per heavy atom. The molecule has 1 amide bonds. The third-order valence-corrected chi connectivity index (χ3v) is 5.64. The van der Waals surface area contributed by atoms with E-state index in [2.05, 4.69) is 24.4 Å². The van der Waals surface area contributed by atoms with Gasteiger partial charge in [0, 0.05) is 24.4 Å². The van der Waals surface area contributed by atoms with Gasteiger partial charge < -0.3 is 14.5 Å². The topological polar surface area (TPSA) is 55.6 Å². The van der Waals surface area contributed by atoms with Gasteiger partial charge in [-0.25, -0.2) is 4.98 Å². The summed E-state index contributed by atoms with van der Waals surface area (Å²) in [5.41, 5.74) is 4.61. The summed E-state index contributed by atoms with van der Waals surface area (Å²) in [7, 11) is 1.62. The Labute approximate surface area is 165 Å². The molecule has 1 aromatic carbocycles. The van der Waals surface area contributed by atoms with Crippen molar-refractivity contribution in [2.45, 2.75) is 45.4 Å². The Bertz CT molecular complexity index is 987. The number of amides is 1. The van der Waals surface area contributed by atoms with Gasteiger partial charge in [-0.2, -0.15) is 0 Å². The number of benzene rings is 1. The molecule has 0 radical (unpaired) electrons. The summed E-state index contributed by atoms with van der Waals surface area (Å²) in [6, 6.07) is 9.92. The molecule has 1 N–H and O–H groups in total. The molecule has 2 heterocycles. The fourth-order valence-electron chi connectivity index (χ4n) is 4.03. The number of aryl methyl sites for hydroxylation is 1. The average molecular weight is 377 g/mol. The smallest absolute Gasteiger partial charge is 0.224 e. The van der Waals surface area contributed by atoms with E-state index in [9.17, 15) is 4.79 Å². The first-order chi connectivity index (χ1) is 13.6. The molecule has 0 spiro atoms. The molecule has 0 saturated heterocycles. The Hall–Kier alpha value is -2.82. The van der Waals surface area contributed by atoms with E-state index in [1.54, 1.807) is 7.11 Å². The van der Waals surface area contributed by atoms with Crippen LogP contribution in [0.25, 0.3) is 16.9 Å². The van der Waals surface area contributed by atoms with E-state index in [1.807, 2.05) is 35.0 Å². The molecular formula is C23H27N3O2. The third-order valence-electron chi connectivity index (χ3n) is 5.64. The van der Waals surface area contributed by atoms with Crippen LogP contribution in [0, 0.1) is 12.8 Å². The predicted molar refractivity (Wildman–Crippen MR) is 112 cm³/mol. The predicted octanol–water partition coefficient (Wildman–Crippen LogP) is 5.23. The SMILES string of the molecule is COc1ccc(-c2cn3ccc(C)cc3n2)cc1NC(=O)CCC1CCCC1. The third kappa shape index (κ3) is 4.03. The zero-order chi connectivity index (χ0) is 19.5. The molecule has 0 unspecified atom stereocenters. The minimum atomic E-state index is 0.0491. The Kier molecular flexibility index (Phi) is 5.33. The molecule has 1 fully saturated rings. The Morgan fingerprint density at radius 3 is 2.86 bits per heavy atom. The number of pyridine rings is 1. The molecule has 5 nitrogen and oxygen atoms in total. The molecule has 1 saturated carbocycles. The number of carbonyl (C=O) groups excluding carboxylic acids is 1. The van der Waals surface area contributed by atoms with Gasteiger partial charge in [0.25, 0.3) is 0 Å². The zero-order valence-electron chi connectivity index (χ0n) is 16.6.